The summed E-state index contributed by atoms with van der Waals surface area (Å²) < 4.78 is 10.4. The molecule has 0 bridgehead atoms. The fourth-order valence-corrected chi connectivity index (χ4v) is 2.66. The molecule has 0 atom stereocenters. The molecule has 3 N–H and O–H groups in total. The van der Waals surface area contributed by atoms with Crippen LogP contribution in [0.5, 0.6) is 11.5 Å². The zero-order valence-electron chi connectivity index (χ0n) is 16.5. The van der Waals surface area contributed by atoms with Crippen LogP contribution < -0.4 is 25.6 Å². The molecule has 3 rings (SSSR count). The van der Waals surface area contributed by atoms with Crippen LogP contribution in [0.2, 0.25) is 0 Å². The summed E-state index contributed by atoms with van der Waals surface area (Å²) in [6.07, 6.45) is 0. The van der Waals surface area contributed by atoms with Gasteiger partial charge in [-0.25, -0.2) is 0 Å². The minimum Gasteiger partial charge on any atom is -0.454 e. The van der Waals surface area contributed by atoms with Crippen LogP contribution in [0.4, 0.5) is 0 Å². The number of carbonyl (C=O) groups is 3. The highest BCUT2D eigenvalue weighted by atomic mass is 16.7. The Bertz CT molecular complexity index is 932. The van der Waals surface area contributed by atoms with Gasteiger partial charge in [-0.3, -0.25) is 25.2 Å². The van der Waals surface area contributed by atoms with Gasteiger partial charge in [-0.15, -0.1) is 0 Å². The number of carbonyl (C=O) groups excluding carboxylic acids is 3. The summed E-state index contributed by atoms with van der Waals surface area (Å²) in [6.45, 7) is 6.09. The largest absolute Gasteiger partial charge is 0.454 e. The molecular formula is C21H23N3O5. The van der Waals surface area contributed by atoms with Crippen molar-refractivity contribution in [2.45, 2.75) is 26.2 Å². The van der Waals surface area contributed by atoms with E-state index in [4.69, 9.17) is 9.47 Å². The Balaban J connectivity index is 1.46. The lowest BCUT2D eigenvalue weighted by Gasteiger charge is -2.19. The third-order valence-corrected chi connectivity index (χ3v) is 4.37. The van der Waals surface area contributed by atoms with Gasteiger partial charge in [0, 0.05) is 11.1 Å². The molecule has 0 spiro atoms. The average Bonchev–Trinajstić information content (AvgIpc) is 3.17. The first-order valence-electron chi connectivity index (χ1n) is 9.11. The molecule has 0 aromatic heterocycles. The average molecular weight is 397 g/mol. The molecule has 0 aliphatic carbocycles. The molecule has 1 aliphatic rings. The lowest BCUT2D eigenvalue weighted by atomic mass is 9.87. The molecule has 0 saturated heterocycles. The number of hydrazine groups is 1. The van der Waals surface area contributed by atoms with E-state index in [0.717, 1.165) is 5.56 Å². The summed E-state index contributed by atoms with van der Waals surface area (Å²) in [6, 6.07) is 11.9. The maximum absolute atomic E-state index is 12.2. The number of fused-ring (bicyclic) bond motifs is 1. The Morgan fingerprint density at radius 2 is 1.52 bits per heavy atom. The van der Waals surface area contributed by atoms with Crippen LogP contribution in [0.1, 0.15) is 47.1 Å². The molecule has 152 valence electrons. The van der Waals surface area contributed by atoms with Crippen molar-refractivity contribution in [2.75, 3.05) is 13.3 Å². The molecule has 0 saturated carbocycles. The molecule has 0 fully saturated rings. The Hall–Kier alpha value is -3.55. The van der Waals surface area contributed by atoms with Crippen molar-refractivity contribution < 1.29 is 23.9 Å². The van der Waals surface area contributed by atoms with Crippen molar-refractivity contribution >= 4 is 17.7 Å². The summed E-state index contributed by atoms with van der Waals surface area (Å²) >= 11 is 0. The van der Waals surface area contributed by atoms with Crippen LogP contribution in [-0.4, -0.2) is 31.1 Å². The molecule has 2 aromatic carbocycles. The lowest BCUT2D eigenvalue weighted by molar-refractivity contribution is -0.120. The molecule has 0 radical (unpaired) electrons. The third kappa shape index (κ3) is 5.04. The Labute approximate surface area is 168 Å². The SMILES string of the molecule is CC(C)(C)c1ccc(C(=O)NCC(=O)NNC(=O)c2ccc3c(c2)OCO3)cc1. The van der Waals surface area contributed by atoms with Gasteiger partial charge in [-0.05, 0) is 41.3 Å². The van der Waals surface area contributed by atoms with Crippen LogP contribution in [0.15, 0.2) is 42.5 Å². The molecule has 8 heteroatoms. The van der Waals surface area contributed by atoms with Crippen LogP contribution >= 0.6 is 0 Å². The van der Waals surface area contributed by atoms with E-state index in [-0.39, 0.29) is 24.7 Å². The highest BCUT2D eigenvalue weighted by molar-refractivity contribution is 5.98. The Morgan fingerprint density at radius 1 is 0.862 bits per heavy atom. The fourth-order valence-electron chi connectivity index (χ4n) is 2.66. The number of ether oxygens (including phenoxy) is 2. The summed E-state index contributed by atoms with van der Waals surface area (Å²) in [7, 11) is 0. The first-order valence-corrected chi connectivity index (χ1v) is 9.11. The fraction of sp³-hybridized carbons (Fsp3) is 0.286. The predicted molar refractivity (Wildman–Crippen MR) is 106 cm³/mol. The minimum atomic E-state index is -0.557. The normalized spacial score (nSPS) is 12.2. The maximum atomic E-state index is 12.2. The highest BCUT2D eigenvalue weighted by Gasteiger charge is 2.17. The molecule has 1 heterocycles. The van der Waals surface area contributed by atoms with Gasteiger partial charge in [0.15, 0.2) is 11.5 Å². The number of hydrogen-bond donors (Lipinski definition) is 3. The molecule has 29 heavy (non-hydrogen) atoms. The number of amides is 3. The summed E-state index contributed by atoms with van der Waals surface area (Å²) in [5.41, 5.74) is 6.41. The quantitative estimate of drug-likeness (QED) is 0.684. The smallest absolute Gasteiger partial charge is 0.269 e. The minimum absolute atomic E-state index is 0.00885. The van der Waals surface area contributed by atoms with Gasteiger partial charge in [-0.2, -0.15) is 0 Å². The number of hydrogen-bond acceptors (Lipinski definition) is 5. The maximum Gasteiger partial charge on any atom is 0.269 e. The van der Waals surface area contributed by atoms with Crippen LogP contribution in [0.25, 0.3) is 0 Å². The van der Waals surface area contributed by atoms with Crippen LogP contribution in [-0.2, 0) is 10.2 Å². The van der Waals surface area contributed by atoms with Crippen molar-refractivity contribution in [3.8, 4) is 11.5 Å². The zero-order valence-corrected chi connectivity index (χ0v) is 16.5. The molecule has 8 nitrogen and oxygen atoms in total. The molecule has 0 unspecified atom stereocenters. The van der Waals surface area contributed by atoms with Gasteiger partial charge in [0.05, 0.1) is 6.54 Å². The van der Waals surface area contributed by atoms with Crippen LogP contribution in [0.3, 0.4) is 0 Å². The van der Waals surface area contributed by atoms with E-state index < -0.39 is 11.8 Å². The first kappa shape index (κ1) is 20.2. The predicted octanol–water partition coefficient (Wildman–Crippen LogP) is 1.90. The van der Waals surface area contributed by atoms with Crippen molar-refractivity contribution in [3.63, 3.8) is 0 Å². The number of benzene rings is 2. The van der Waals surface area contributed by atoms with E-state index in [1.54, 1.807) is 24.3 Å². The second-order valence-electron chi connectivity index (χ2n) is 7.58. The second kappa shape index (κ2) is 8.22. The summed E-state index contributed by atoms with van der Waals surface area (Å²) in [4.78, 5) is 36.2. The van der Waals surface area contributed by atoms with Gasteiger partial charge < -0.3 is 14.8 Å². The van der Waals surface area contributed by atoms with Gasteiger partial charge >= 0.3 is 0 Å². The third-order valence-electron chi connectivity index (χ3n) is 4.37. The van der Waals surface area contributed by atoms with E-state index in [1.807, 2.05) is 12.1 Å². The summed E-state index contributed by atoms with van der Waals surface area (Å²) in [5.74, 6) is -0.417. The van der Waals surface area contributed by atoms with E-state index in [0.29, 0.717) is 22.6 Å². The van der Waals surface area contributed by atoms with Gasteiger partial charge in [0.2, 0.25) is 6.79 Å². The van der Waals surface area contributed by atoms with Crippen molar-refractivity contribution in [1.82, 2.24) is 16.2 Å². The monoisotopic (exact) mass is 397 g/mol. The van der Waals surface area contributed by atoms with E-state index in [2.05, 4.69) is 36.9 Å². The number of nitrogens with one attached hydrogen (secondary N) is 3. The van der Waals surface area contributed by atoms with E-state index in [1.165, 1.54) is 6.07 Å². The standard InChI is InChI=1S/C21H23N3O5/c1-21(2,3)15-7-4-13(5-8-15)19(26)22-11-18(25)23-24-20(27)14-6-9-16-17(10-14)29-12-28-16/h4-10H,11-12H2,1-3H3,(H,22,26)(H,23,25)(H,24,27). The Morgan fingerprint density at radius 3 is 2.21 bits per heavy atom. The Kier molecular flexibility index (Phi) is 5.72. The molecule has 3 amide bonds. The van der Waals surface area contributed by atoms with Crippen molar-refractivity contribution in [3.05, 3.63) is 59.2 Å². The van der Waals surface area contributed by atoms with Crippen molar-refractivity contribution in [1.29, 1.82) is 0 Å². The summed E-state index contributed by atoms with van der Waals surface area (Å²) in [5, 5.41) is 2.52. The number of rotatable bonds is 4. The lowest BCUT2D eigenvalue weighted by Crippen LogP contribution is -2.46. The zero-order chi connectivity index (χ0) is 21.0. The molecule has 1 aliphatic heterocycles. The topological polar surface area (TPSA) is 106 Å². The van der Waals surface area contributed by atoms with Gasteiger partial charge in [-0.1, -0.05) is 32.9 Å². The van der Waals surface area contributed by atoms with Crippen LogP contribution in [0, 0.1) is 0 Å². The molecular weight excluding hydrogens is 374 g/mol. The van der Waals surface area contributed by atoms with Crippen molar-refractivity contribution in [2.24, 2.45) is 0 Å². The second-order valence-corrected chi connectivity index (χ2v) is 7.58. The highest BCUT2D eigenvalue weighted by Crippen LogP contribution is 2.32. The first-order chi connectivity index (χ1) is 13.7. The molecule has 2 aromatic rings. The van der Waals surface area contributed by atoms with E-state index in [9.17, 15) is 14.4 Å². The van der Waals surface area contributed by atoms with E-state index >= 15 is 0 Å². The van der Waals surface area contributed by atoms with Gasteiger partial charge in [0.1, 0.15) is 0 Å². The van der Waals surface area contributed by atoms with Gasteiger partial charge in [0.25, 0.3) is 17.7 Å².